The first-order chi connectivity index (χ1) is 13.5. The second-order valence-corrected chi connectivity index (χ2v) is 7.31. The summed E-state index contributed by atoms with van der Waals surface area (Å²) in [5.74, 6) is 0.301. The van der Waals surface area contributed by atoms with Crippen molar-refractivity contribution in [1.82, 2.24) is 4.98 Å². The topological polar surface area (TPSA) is 79.4 Å². The third kappa shape index (κ3) is 4.35. The normalized spacial score (nSPS) is 17.9. The van der Waals surface area contributed by atoms with E-state index in [1.807, 2.05) is 24.4 Å². The molecule has 5 nitrogen and oxygen atoms in total. The molecule has 1 heterocycles. The zero-order chi connectivity index (χ0) is 20.1. The number of allylic oxidation sites excluding steroid dienone is 1. The number of aromatic amines is 1. The number of Topliss-reactive ketones (excluding diaryl/α,β-unsaturated/α-hetero) is 2. The molecular weight excluding hydrogens is 354 g/mol. The van der Waals surface area contributed by atoms with Crippen LogP contribution in [0.1, 0.15) is 55.3 Å². The van der Waals surface area contributed by atoms with Crippen LogP contribution >= 0.6 is 0 Å². The maximum Gasteiger partial charge on any atom is 0.160 e. The zero-order valence-electron chi connectivity index (χ0n) is 16.4. The van der Waals surface area contributed by atoms with Gasteiger partial charge in [0, 0.05) is 24.2 Å². The van der Waals surface area contributed by atoms with E-state index in [1.165, 1.54) is 12.7 Å². The molecule has 0 spiro atoms. The maximum absolute atomic E-state index is 12.8. The number of H-pyrrole nitrogens is 1. The number of nitrogens with one attached hydrogen (secondary N) is 1. The van der Waals surface area contributed by atoms with Gasteiger partial charge in [-0.25, -0.2) is 0 Å². The van der Waals surface area contributed by atoms with Crippen molar-refractivity contribution in [3.8, 4) is 11.5 Å². The van der Waals surface area contributed by atoms with Crippen LogP contribution in [-0.4, -0.2) is 28.8 Å². The highest BCUT2D eigenvalue weighted by atomic mass is 16.5. The van der Waals surface area contributed by atoms with E-state index in [2.05, 4.69) is 11.9 Å². The van der Waals surface area contributed by atoms with Crippen LogP contribution in [0.3, 0.4) is 0 Å². The third-order valence-corrected chi connectivity index (χ3v) is 5.40. The minimum Gasteiger partial charge on any atom is -0.504 e. The average molecular weight is 381 g/mol. The van der Waals surface area contributed by atoms with Crippen LogP contribution in [-0.2, 0) is 16.0 Å². The monoisotopic (exact) mass is 381 g/mol. The van der Waals surface area contributed by atoms with E-state index in [0.29, 0.717) is 18.6 Å². The van der Waals surface area contributed by atoms with Gasteiger partial charge in [0.1, 0.15) is 11.6 Å². The Balaban J connectivity index is 1.60. The summed E-state index contributed by atoms with van der Waals surface area (Å²) in [6.45, 7) is 2.11. The Morgan fingerprint density at radius 3 is 2.82 bits per heavy atom. The second-order valence-electron chi connectivity index (χ2n) is 7.31. The van der Waals surface area contributed by atoms with Crippen molar-refractivity contribution in [1.29, 1.82) is 0 Å². The highest BCUT2D eigenvalue weighted by Gasteiger charge is 2.31. The molecule has 0 radical (unpaired) electrons. The van der Waals surface area contributed by atoms with Crippen LogP contribution in [0.15, 0.2) is 36.5 Å². The molecule has 0 fully saturated rings. The van der Waals surface area contributed by atoms with Gasteiger partial charge >= 0.3 is 0 Å². The number of aryl methyl sites for hydroxylation is 1. The summed E-state index contributed by atoms with van der Waals surface area (Å²) in [7, 11) is 1.49. The van der Waals surface area contributed by atoms with Gasteiger partial charge in [0.2, 0.25) is 0 Å². The predicted octanol–water partition coefficient (Wildman–Crippen LogP) is 4.42. The van der Waals surface area contributed by atoms with Gasteiger partial charge < -0.3 is 14.8 Å². The summed E-state index contributed by atoms with van der Waals surface area (Å²) >= 11 is 0. The molecule has 0 amide bonds. The fourth-order valence-electron chi connectivity index (χ4n) is 3.93. The van der Waals surface area contributed by atoms with Gasteiger partial charge in [-0.05, 0) is 54.2 Å². The van der Waals surface area contributed by atoms with Crippen LogP contribution in [0.2, 0.25) is 0 Å². The Hall–Kier alpha value is -2.82. The lowest BCUT2D eigenvalue weighted by Gasteiger charge is -2.26. The smallest absolute Gasteiger partial charge is 0.160 e. The van der Waals surface area contributed by atoms with E-state index in [1.54, 1.807) is 18.2 Å². The number of ketones is 2. The molecule has 2 aromatic rings. The van der Waals surface area contributed by atoms with E-state index < -0.39 is 0 Å². The highest BCUT2D eigenvalue weighted by molar-refractivity contribution is 6.01. The summed E-state index contributed by atoms with van der Waals surface area (Å²) in [4.78, 5) is 28.5. The Morgan fingerprint density at radius 1 is 1.25 bits per heavy atom. The lowest BCUT2D eigenvalue weighted by Crippen LogP contribution is -2.25. The SMILES string of the molecule is CCC[C@@H]1c2cc[nH]c2C=C[C@H]1C(=O)CC(=O)CCc1ccc(O)c(OC)c1. The van der Waals surface area contributed by atoms with Crippen molar-refractivity contribution < 1.29 is 19.4 Å². The summed E-state index contributed by atoms with van der Waals surface area (Å²) in [5.41, 5.74) is 3.13. The number of aromatic nitrogens is 1. The van der Waals surface area contributed by atoms with Gasteiger partial charge in [-0.1, -0.05) is 25.5 Å². The molecule has 2 atom stereocenters. The van der Waals surface area contributed by atoms with Crippen molar-refractivity contribution in [3.05, 3.63) is 53.4 Å². The molecular formula is C23H27NO4. The number of phenolic OH excluding ortho intramolecular Hbond substituents is 1. The molecule has 148 valence electrons. The van der Waals surface area contributed by atoms with Crippen molar-refractivity contribution in [2.24, 2.45) is 5.92 Å². The molecule has 3 rings (SSSR count). The molecule has 1 aliphatic carbocycles. The van der Waals surface area contributed by atoms with E-state index in [-0.39, 0.29) is 35.6 Å². The number of carbonyl (C=O) groups is 2. The van der Waals surface area contributed by atoms with Gasteiger partial charge in [0.25, 0.3) is 0 Å². The predicted molar refractivity (Wildman–Crippen MR) is 109 cm³/mol. The molecule has 1 aromatic heterocycles. The highest BCUT2D eigenvalue weighted by Crippen LogP contribution is 2.38. The molecule has 0 unspecified atom stereocenters. The summed E-state index contributed by atoms with van der Waals surface area (Å²) in [6.07, 6.45) is 8.49. The second kappa shape index (κ2) is 8.91. The minimum absolute atomic E-state index is 0.00478. The number of ether oxygens (including phenoxy) is 1. The fraction of sp³-hybridized carbons (Fsp3) is 0.391. The quantitative estimate of drug-likeness (QED) is 0.630. The summed E-state index contributed by atoms with van der Waals surface area (Å²) in [5, 5.41) is 9.65. The van der Waals surface area contributed by atoms with E-state index in [9.17, 15) is 14.7 Å². The minimum atomic E-state index is -0.235. The number of phenols is 1. The number of aromatic hydroxyl groups is 1. The van der Waals surface area contributed by atoms with Gasteiger partial charge in [-0.15, -0.1) is 0 Å². The van der Waals surface area contributed by atoms with Crippen LogP contribution in [0.4, 0.5) is 0 Å². The number of fused-ring (bicyclic) bond motifs is 1. The molecule has 5 heteroatoms. The van der Waals surface area contributed by atoms with Crippen molar-refractivity contribution in [2.75, 3.05) is 7.11 Å². The molecule has 28 heavy (non-hydrogen) atoms. The molecule has 0 saturated heterocycles. The van der Waals surface area contributed by atoms with Crippen molar-refractivity contribution >= 4 is 17.6 Å². The molecule has 1 aliphatic rings. The van der Waals surface area contributed by atoms with Crippen molar-refractivity contribution in [3.63, 3.8) is 0 Å². The Labute approximate surface area is 165 Å². The molecule has 0 aliphatic heterocycles. The fourth-order valence-corrected chi connectivity index (χ4v) is 3.93. The summed E-state index contributed by atoms with van der Waals surface area (Å²) < 4.78 is 5.09. The van der Waals surface area contributed by atoms with Gasteiger partial charge in [-0.3, -0.25) is 9.59 Å². The van der Waals surface area contributed by atoms with Crippen molar-refractivity contribution in [2.45, 2.75) is 44.9 Å². The van der Waals surface area contributed by atoms with Crippen LogP contribution in [0.5, 0.6) is 11.5 Å². The molecule has 1 aromatic carbocycles. The van der Waals surface area contributed by atoms with Gasteiger partial charge in [0.05, 0.1) is 13.5 Å². The Kier molecular flexibility index (Phi) is 6.34. The van der Waals surface area contributed by atoms with Gasteiger partial charge in [0.15, 0.2) is 11.5 Å². The van der Waals surface area contributed by atoms with E-state index >= 15 is 0 Å². The zero-order valence-corrected chi connectivity index (χ0v) is 16.4. The van der Waals surface area contributed by atoms with E-state index in [0.717, 1.165) is 24.1 Å². The molecule has 0 saturated carbocycles. The standard InChI is InChI=1S/C23H27NO4/c1-3-4-17-18-11-12-24-20(18)9-8-19(17)22(27)14-16(25)7-5-15-6-10-21(26)23(13-15)28-2/h6,8-13,17,19,24,26H,3-5,7,14H2,1-2H3/t17-,19-/m1/s1. The molecule has 0 bridgehead atoms. The first kappa shape index (κ1) is 19.9. The first-order valence-electron chi connectivity index (χ1n) is 9.79. The summed E-state index contributed by atoms with van der Waals surface area (Å²) in [6, 6.07) is 7.08. The third-order valence-electron chi connectivity index (χ3n) is 5.40. The first-order valence-corrected chi connectivity index (χ1v) is 9.79. The lowest BCUT2D eigenvalue weighted by atomic mass is 9.76. The Morgan fingerprint density at radius 2 is 2.07 bits per heavy atom. The number of rotatable bonds is 9. The number of hydrogen-bond donors (Lipinski definition) is 2. The van der Waals surface area contributed by atoms with Crippen LogP contribution in [0.25, 0.3) is 6.08 Å². The maximum atomic E-state index is 12.8. The average Bonchev–Trinajstić information content (AvgIpc) is 3.17. The largest absolute Gasteiger partial charge is 0.504 e. The number of methoxy groups -OCH3 is 1. The number of hydrogen-bond acceptors (Lipinski definition) is 4. The van der Waals surface area contributed by atoms with Crippen LogP contribution in [0, 0.1) is 5.92 Å². The Bertz CT molecular complexity index is 880. The number of benzene rings is 1. The lowest BCUT2D eigenvalue weighted by molar-refractivity contribution is -0.128. The van der Waals surface area contributed by atoms with Crippen LogP contribution < -0.4 is 4.74 Å². The number of carbonyl (C=O) groups excluding carboxylic acids is 2. The van der Waals surface area contributed by atoms with E-state index in [4.69, 9.17) is 4.74 Å². The van der Waals surface area contributed by atoms with Gasteiger partial charge in [-0.2, -0.15) is 0 Å². The molecule has 2 N–H and O–H groups in total.